The number of rotatable bonds is 4. The number of aryl methyl sites for hydroxylation is 1. The highest BCUT2D eigenvalue weighted by molar-refractivity contribution is 5.98. The van der Waals surface area contributed by atoms with Crippen molar-refractivity contribution in [3.63, 3.8) is 0 Å². The van der Waals surface area contributed by atoms with Crippen molar-refractivity contribution in [2.24, 2.45) is 0 Å². The Morgan fingerprint density at radius 3 is 3.00 bits per heavy atom. The van der Waals surface area contributed by atoms with Crippen molar-refractivity contribution in [3.8, 4) is 12.0 Å². The molecule has 5 rings (SSSR count). The molecule has 2 bridgehead atoms. The van der Waals surface area contributed by atoms with Gasteiger partial charge in [0.25, 0.3) is 5.91 Å². The fraction of sp³-hybridized carbons (Fsp3) is 0.364. The molecule has 2 saturated heterocycles. The Hall–Kier alpha value is -3.40. The predicted octanol–water partition coefficient (Wildman–Crippen LogP) is 2.80. The van der Waals surface area contributed by atoms with Gasteiger partial charge >= 0.3 is 0 Å². The van der Waals surface area contributed by atoms with Crippen LogP contribution in [0.4, 0.5) is 0 Å². The summed E-state index contributed by atoms with van der Waals surface area (Å²) in [5, 5.41) is 17.8. The molecular weight excluding hydrogens is 364 g/mol. The number of carbonyl (C=O) groups excluding carboxylic acids is 1. The van der Waals surface area contributed by atoms with E-state index in [0.717, 1.165) is 48.1 Å². The molecule has 0 spiro atoms. The highest BCUT2D eigenvalue weighted by atomic mass is 16.1. The average molecular weight is 386 g/mol. The van der Waals surface area contributed by atoms with Gasteiger partial charge in [-0.2, -0.15) is 10.4 Å². The van der Waals surface area contributed by atoms with Gasteiger partial charge in [0.05, 0.1) is 23.8 Å². The zero-order valence-corrected chi connectivity index (χ0v) is 16.2. The minimum absolute atomic E-state index is 0.0419. The van der Waals surface area contributed by atoms with Gasteiger partial charge in [0.2, 0.25) is 0 Å². The normalized spacial score (nSPS) is 22.8. The second-order valence-corrected chi connectivity index (χ2v) is 7.79. The van der Waals surface area contributed by atoms with E-state index in [-0.39, 0.29) is 24.0 Å². The molecule has 0 aliphatic carbocycles. The topological polar surface area (TPSA) is 86.8 Å². The van der Waals surface area contributed by atoms with E-state index in [9.17, 15) is 10.1 Å². The second kappa shape index (κ2) is 6.89. The third-order valence-electron chi connectivity index (χ3n) is 6.17. The molecule has 4 heterocycles. The Kier molecular flexibility index (Phi) is 4.20. The summed E-state index contributed by atoms with van der Waals surface area (Å²) in [6.45, 7) is 2.07. The van der Waals surface area contributed by atoms with Gasteiger partial charge in [0, 0.05) is 22.7 Å². The third kappa shape index (κ3) is 2.92. The quantitative estimate of drug-likeness (QED) is 0.697. The minimum atomic E-state index is -0.0961. The van der Waals surface area contributed by atoms with Crippen molar-refractivity contribution in [2.75, 3.05) is 0 Å². The van der Waals surface area contributed by atoms with E-state index in [1.165, 1.54) is 0 Å². The van der Waals surface area contributed by atoms with Gasteiger partial charge in [-0.15, -0.1) is 0 Å². The van der Waals surface area contributed by atoms with Crippen molar-refractivity contribution in [3.05, 3.63) is 53.9 Å². The molecule has 1 N–H and O–H groups in total. The third-order valence-corrected chi connectivity index (χ3v) is 6.17. The molecule has 3 aromatic rings. The largest absolute Gasteiger partial charge is 0.347 e. The van der Waals surface area contributed by atoms with Gasteiger partial charge in [0.1, 0.15) is 0 Å². The first-order chi connectivity index (χ1) is 14.2. The number of aromatic nitrogens is 3. The molecule has 7 nitrogen and oxygen atoms in total. The number of fused-ring (bicyclic) bond motifs is 3. The summed E-state index contributed by atoms with van der Waals surface area (Å²) in [6, 6.07) is 12.0. The number of carbonyl (C=O) groups is 1. The zero-order valence-electron chi connectivity index (χ0n) is 16.2. The lowest BCUT2D eigenvalue weighted by Crippen LogP contribution is -2.43. The molecule has 2 aromatic heterocycles. The van der Waals surface area contributed by atoms with Crippen molar-refractivity contribution in [1.29, 1.82) is 5.26 Å². The first-order valence-electron chi connectivity index (χ1n) is 10.1. The van der Waals surface area contributed by atoms with Crippen LogP contribution in [-0.4, -0.2) is 43.7 Å². The zero-order chi connectivity index (χ0) is 20.0. The average Bonchev–Trinajstić information content (AvgIpc) is 3.45. The van der Waals surface area contributed by atoms with E-state index >= 15 is 0 Å². The van der Waals surface area contributed by atoms with Gasteiger partial charge in [-0.3, -0.25) is 4.79 Å². The Balaban J connectivity index is 1.38. The van der Waals surface area contributed by atoms with Crippen molar-refractivity contribution in [2.45, 2.75) is 50.7 Å². The molecule has 1 aromatic carbocycles. The summed E-state index contributed by atoms with van der Waals surface area (Å²) < 4.78 is 1.80. The number of hydrogen-bond donors (Lipinski definition) is 1. The van der Waals surface area contributed by atoms with E-state index in [1.807, 2.05) is 41.3 Å². The lowest BCUT2D eigenvalue weighted by molar-refractivity contribution is 0.0928. The maximum absolute atomic E-state index is 12.8. The second-order valence-electron chi connectivity index (χ2n) is 7.79. The van der Waals surface area contributed by atoms with Crippen LogP contribution >= 0.6 is 0 Å². The summed E-state index contributed by atoms with van der Waals surface area (Å²) >= 11 is 0. The van der Waals surface area contributed by atoms with Crippen LogP contribution in [0, 0.1) is 11.5 Å². The van der Waals surface area contributed by atoms with Crippen LogP contribution in [0.25, 0.3) is 16.7 Å². The standard InChI is InChI=1S/C22H22N6O/c1-2-16-4-3-5-21(25-16)28-19-8-6-14(10-15(19)12-24-28)22(29)26-18-11-17-7-9-20(18)27(17)13-23/h3-6,8,10,12,17-18,20H,2,7,9,11H2,1H3,(H,26,29)/t17-,18+,20+/m0/s1. The van der Waals surface area contributed by atoms with Gasteiger partial charge < -0.3 is 10.2 Å². The van der Waals surface area contributed by atoms with Crippen LogP contribution in [-0.2, 0) is 6.42 Å². The smallest absolute Gasteiger partial charge is 0.251 e. The van der Waals surface area contributed by atoms with E-state index in [4.69, 9.17) is 0 Å². The Morgan fingerprint density at radius 1 is 1.31 bits per heavy atom. The van der Waals surface area contributed by atoms with Crippen molar-refractivity contribution < 1.29 is 4.79 Å². The molecule has 7 heteroatoms. The number of pyridine rings is 1. The Morgan fingerprint density at radius 2 is 2.21 bits per heavy atom. The van der Waals surface area contributed by atoms with E-state index < -0.39 is 0 Å². The number of nitriles is 1. The van der Waals surface area contributed by atoms with Crippen LogP contribution < -0.4 is 5.32 Å². The molecule has 0 saturated carbocycles. The van der Waals surface area contributed by atoms with Crippen LogP contribution in [0.1, 0.15) is 42.2 Å². The van der Waals surface area contributed by atoms with E-state index in [2.05, 4.69) is 28.5 Å². The molecule has 0 radical (unpaired) electrons. The Bertz CT molecular complexity index is 1130. The molecule has 3 atom stereocenters. The summed E-state index contributed by atoms with van der Waals surface area (Å²) in [6.07, 6.45) is 7.78. The number of nitrogens with zero attached hydrogens (tertiary/aromatic N) is 5. The van der Waals surface area contributed by atoms with E-state index in [0.29, 0.717) is 5.56 Å². The number of hydrogen-bond acceptors (Lipinski definition) is 5. The lowest BCUT2D eigenvalue weighted by Gasteiger charge is -2.21. The maximum Gasteiger partial charge on any atom is 0.251 e. The van der Waals surface area contributed by atoms with Gasteiger partial charge in [-0.1, -0.05) is 13.0 Å². The fourth-order valence-electron chi connectivity index (χ4n) is 4.69. The summed E-state index contributed by atoms with van der Waals surface area (Å²) in [7, 11) is 0. The van der Waals surface area contributed by atoms with Crippen molar-refractivity contribution in [1.82, 2.24) is 25.0 Å². The molecule has 2 aliphatic heterocycles. The summed E-state index contributed by atoms with van der Waals surface area (Å²) in [5.74, 6) is 0.677. The summed E-state index contributed by atoms with van der Waals surface area (Å²) in [4.78, 5) is 19.3. The summed E-state index contributed by atoms with van der Waals surface area (Å²) in [5.41, 5.74) is 2.54. The van der Waals surface area contributed by atoms with Crippen LogP contribution in [0.3, 0.4) is 0 Å². The van der Waals surface area contributed by atoms with Crippen LogP contribution in [0.5, 0.6) is 0 Å². The molecule has 1 amide bonds. The molecule has 29 heavy (non-hydrogen) atoms. The SMILES string of the molecule is CCc1cccc(-n2ncc3cc(C(=O)N[C@@H]4C[C@@H]5CC[C@H]4N5C#N)ccc32)n1. The predicted molar refractivity (Wildman–Crippen MR) is 108 cm³/mol. The van der Waals surface area contributed by atoms with Crippen molar-refractivity contribution >= 4 is 16.8 Å². The molecule has 2 aliphatic rings. The minimum Gasteiger partial charge on any atom is -0.347 e. The van der Waals surface area contributed by atoms with Gasteiger partial charge in [0.15, 0.2) is 12.0 Å². The van der Waals surface area contributed by atoms with E-state index in [1.54, 1.807) is 10.9 Å². The van der Waals surface area contributed by atoms with Crippen LogP contribution in [0.15, 0.2) is 42.6 Å². The lowest BCUT2D eigenvalue weighted by atomic mass is 9.95. The maximum atomic E-state index is 12.8. The number of nitrogens with one attached hydrogen (secondary N) is 1. The molecule has 146 valence electrons. The monoisotopic (exact) mass is 386 g/mol. The van der Waals surface area contributed by atoms with Gasteiger partial charge in [-0.05, 0) is 56.0 Å². The fourth-order valence-corrected chi connectivity index (χ4v) is 4.69. The molecular formula is C22H22N6O. The number of benzene rings is 1. The molecule has 2 fully saturated rings. The highest BCUT2D eigenvalue weighted by Gasteiger charge is 2.46. The number of amides is 1. The first-order valence-corrected chi connectivity index (χ1v) is 10.1. The first kappa shape index (κ1) is 17.7. The highest BCUT2D eigenvalue weighted by Crippen LogP contribution is 2.37. The molecule has 0 unspecified atom stereocenters. The van der Waals surface area contributed by atoms with Crippen LogP contribution in [0.2, 0.25) is 0 Å². The van der Waals surface area contributed by atoms with Gasteiger partial charge in [-0.25, -0.2) is 9.67 Å². The Labute approximate surface area is 168 Å².